The molecule has 1 aliphatic heterocycles. The van der Waals surface area contributed by atoms with Gasteiger partial charge in [0.1, 0.15) is 0 Å². The van der Waals surface area contributed by atoms with Crippen LogP contribution in [0.3, 0.4) is 0 Å². The van der Waals surface area contributed by atoms with E-state index in [1.165, 1.54) is 11.0 Å². The first-order valence-electron chi connectivity index (χ1n) is 7.33. The van der Waals surface area contributed by atoms with Gasteiger partial charge in [-0.15, -0.1) is 0 Å². The average Bonchev–Trinajstić information content (AvgIpc) is 2.89. The fraction of sp³-hybridized carbons (Fsp3) is 0.467. The van der Waals surface area contributed by atoms with Crippen LogP contribution in [0, 0.1) is 0 Å². The van der Waals surface area contributed by atoms with Gasteiger partial charge in [-0.05, 0) is 37.0 Å². The second kappa shape index (κ2) is 6.89. The predicted octanol–water partition coefficient (Wildman–Crippen LogP) is 2.43. The Kier molecular flexibility index (Phi) is 5.12. The monoisotopic (exact) mass is 329 g/mol. The van der Waals surface area contributed by atoms with E-state index < -0.39 is 17.8 Å². The second-order valence-corrected chi connectivity index (χ2v) is 5.34. The van der Waals surface area contributed by atoms with Crippen molar-refractivity contribution in [2.45, 2.75) is 31.9 Å². The Bertz CT molecular complexity index is 602. The number of carbonyl (C=O) groups is 2. The van der Waals surface area contributed by atoms with E-state index in [1.807, 2.05) is 0 Å². The smallest absolute Gasteiger partial charge is 0.352 e. The van der Waals surface area contributed by atoms with Crippen LogP contribution in [-0.2, 0) is 17.4 Å². The van der Waals surface area contributed by atoms with E-state index in [4.69, 9.17) is 5.73 Å². The van der Waals surface area contributed by atoms with Crippen LogP contribution in [0.15, 0.2) is 18.2 Å². The molecule has 126 valence electrons. The number of primary amides is 1. The quantitative estimate of drug-likeness (QED) is 0.814. The number of amides is 3. The van der Waals surface area contributed by atoms with Crippen LogP contribution in [-0.4, -0.2) is 25.0 Å². The van der Waals surface area contributed by atoms with Gasteiger partial charge in [0.15, 0.2) is 0 Å². The van der Waals surface area contributed by atoms with Crippen LogP contribution in [0.1, 0.15) is 30.4 Å². The van der Waals surface area contributed by atoms with E-state index >= 15 is 0 Å². The van der Waals surface area contributed by atoms with Gasteiger partial charge < -0.3 is 16.0 Å². The first kappa shape index (κ1) is 17.1. The summed E-state index contributed by atoms with van der Waals surface area (Å²) in [6, 6.07) is 3.29. The zero-order chi connectivity index (χ0) is 17.0. The standard InChI is InChI=1S/C15H18F3N3O2/c16-15(17,18)11-4-3-5-12-10(11)7-9-21(12)13(22)6-1-2-8-20-14(19)23/h3-5H,1-2,6-9H2,(H3,19,20,23). The fourth-order valence-electron chi connectivity index (χ4n) is 2.71. The molecule has 0 bridgehead atoms. The normalized spacial score (nSPS) is 13.8. The van der Waals surface area contributed by atoms with Crippen LogP contribution in [0.4, 0.5) is 23.7 Å². The number of rotatable bonds is 5. The molecular formula is C15H18F3N3O2. The van der Waals surface area contributed by atoms with E-state index in [0.717, 1.165) is 6.07 Å². The summed E-state index contributed by atoms with van der Waals surface area (Å²) in [5, 5.41) is 2.42. The highest BCUT2D eigenvalue weighted by Gasteiger charge is 2.37. The Morgan fingerprint density at radius 1 is 1.26 bits per heavy atom. The number of nitrogens with zero attached hydrogens (tertiary/aromatic N) is 1. The Labute approximate surface area is 131 Å². The van der Waals surface area contributed by atoms with Crippen molar-refractivity contribution in [3.8, 4) is 0 Å². The number of benzene rings is 1. The molecular weight excluding hydrogens is 311 g/mol. The molecule has 0 atom stereocenters. The third-order valence-electron chi connectivity index (χ3n) is 3.75. The summed E-state index contributed by atoms with van der Waals surface area (Å²) < 4.78 is 38.9. The molecule has 1 aromatic carbocycles. The third-order valence-corrected chi connectivity index (χ3v) is 3.75. The molecule has 0 unspecified atom stereocenters. The molecule has 2 rings (SSSR count). The Hall–Kier alpha value is -2.25. The summed E-state index contributed by atoms with van der Waals surface area (Å²) in [6.45, 7) is 0.637. The minimum atomic E-state index is -4.41. The number of hydrogen-bond donors (Lipinski definition) is 2. The topological polar surface area (TPSA) is 75.4 Å². The van der Waals surface area contributed by atoms with Gasteiger partial charge in [0.25, 0.3) is 0 Å². The summed E-state index contributed by atoms with van der Waals surface area (Å²) in [6.07, 6.45) is -2.87. The highest BCUT2D eigenvalue weighted by atomic mass is 19.4. The van der Waals surface area contributed by atoms with E-state index in [-0.39, 0.29) is 30.9 Å². The van der Waals surface area contributed by atoms with Crippen molar-refractivity contribution < 1.29 is 22.8 Å². The molecule has 1 heterocycles. The Morgan fingerprint density at radius 3 is 2.65 bits per heavy atom. The molecule has 0 saturated heterocycles. The van der Waals surface area contributed by atoms with Crippen LogP contribution in [0.25, 0.3) is 0 Å². The number of anilines is 1. The van der Waals surface area contributed by atoms with Crippen molar-refractivity contribution in [3.05, 3.63) is 29.3 Å². The number of nitrogens with two attached hydrogens (primary N) is 1. The van der Waals surface area contributed by atoms with Crippen molar-refractivity contribution >= 4 is 17.6 Å². The summed E-state index contributed by atoms with van der Waals surface area (Å²) in [4.78, 5) is 24.1. The number of nitrogens with one attached hydrogen (secondary N) is 1. The zero-order valence-electron chi connectivity index (χ0n) is 12.4. The number of halogens is 3. The van der Waals surface area contributed by atoms with Crippen LogP contribution >= 0.6 is 0 Å². The molecule has 8 heteroatoms. The predicted molar refractivity (Wildman–Crippen MR) is 78.9 cm³/mol. The molecule has 0 aliphatic carbocycles. The lowest BCUT2D eigenvalue weighted by molar-refractivity contribution is -0.138. The number of urea groups is 1. The zero-order valence-corrected chi connectivity index (χ0v) is 12.4. The van der Waals surface area contributed by atoms with E-state index in [0.29, 0.717) is 25.1 Å². The molecule has 1 aliphatic rings. The van der Waals surface area contributed by atoms with Gasteiger partial charge in [0.2, 0.25) is 5.91 Å². The lowest BCUT2D eigenvalue weighted by Gasteiger charge is -2.18. The van der Waals surface area contributed by atoms with Gasteiger partial charge in [-0.25, -0.2) is 4.79 Å². The molecule has 3 amide bonds. The number of unbranched alkanes of at least 4 members (excludes halogenated alkanes) is 1. The number of carbonyl (C=O) groups excluding carboxylic acids is 2. The first-order chi connectivity index (χ1) is 10.8. The lowest BCUT2D eigenvalue weighted by atomic mass is 10.0. The van der Waals surface area contributed by atoms with Crippen molar-refractivity contribution in [2.75, 3.05) is 18.0 Å². The second-order valence-electron chi connectivity index (χ2n) is 5.34. The summed E-state index contributed by atoms with van der Waals surface area (Å²) >= 11 is 0. The maximum Gasteiger partial charge on any atom is 0.416 e. The molecule has 0 fully saturated rings. The lowest BCUT2D eigenvalue weighted by Crippen LogP contribution is -2.31. The molecule has 1 aromatic rings. The van der Waals surface area contributed by atoms with Crippen molar-refractivity contribution in [1.82, 2.24) is 5.32 Å². The molecule has 0 aromatic heterocycles. The van der Waals surface area contributed by atoms with Gasteiger partial charge in [0.05, 0.1) is 5.56 Å². The molecule has 23 heavy (non-hydrogen) atoms. The molecule has 0 saturated carbocycles. The van der Waals surface area contributed by atoms with E-state index in [2.05, 4.69) is 5.32 Å². The SMILES string of the molecule is NC(=O)NCCCCC(=O)N1CCc2c1cccc2C(F)(F)F. The summed E-state index contributed by atoms with van der Waals surface area (Å²) in [5.41, 5.74) is 4.78. The molecule has 0 spiro atoms. The minimum absolute atomic E-state index is 0.184. The van der Waals surface area contributed by atoms with E-state index in [9.17, 15) is 22.8 Å². The number of alkyl halides is 3. The van der Waals surface area contributed by atoms with Crippen LogP contribution in [0.2, 0.25) is 0 Å². The largest absolute Gasteiger partial charge is 0.416 e. The van der Waals surface area contributed by atoms with E-state index in [1.54, 1.807) is 6.07 Å². The van der Waals surface area contributed by atoms with Gasteiger partial charge >= 0.3 is 12.2 Å². The van der Waals surface area contributed by atoms with Crippen molar-refractivity contribution in [1.29, 1.82) is 0 Å². The van der Waals surface area contributed by atoms with Crippen molar-refractivity contribution in [3.63, 3.8) is 0 Å². The Morgan fingerprint density at radius 2 is 2.00 bits per heavy atom. The van der Waals surface area contributed by atoms with Gasteiger partial charge in [-0.3, -0.25) is 4.79 Å². The summed E-state index contributed by atoms with van der Waals surface area (Å²) in [5.74, 6) is -0.206. The van der Waals surface area contributed by atoms with Gasteiger partial charge in [0, 0.05) is 25.2 Å². The van der Waals surface area contributed by atoms with Gasteiger partial charge in [-0.1, -0.05) is 6.07 Å². The van der Waals surface area contributed by atoms with Crippen LogP contribution < -0.4 is 16.0 Å². The summed E-state index contributed by atoms with van der Waals surface area (Å²) in [7, 11) is 0. The number of hydrogen-bond acceptors (Lipinski definition) is 2. The maximum atomic E-state index is 13.0. The molecule has 5 nitrogen and oxygen atoms in total. The van der Waals surface area contributed by atoms with Crippen LogP contribution in [0.5, 0.6) is 0 Å². The van der Waals surface area contributed by atoms with Gasteiger partial charge in [-0.2, -0.15) is 13.2 Å². The average molecular weight is 329 g/mol. The fourth-order valence-corrected chi connectivity index (χ4v) is 2.71. The highest BCUT2D eigenvalue weighted by Crippen LogP contribution is 2.39. The molecule has 0 radical (unpaired) electrons. The minimum Gasteiger partial charge on any atom is -0.352 e. The first-order valence-corrected chi connectivity index (χ1v) is 7.33. The maximum absolute atomic E-state index is 13.0. The van der Waals surface area contributed by atoms with Crippen molar-refractivity contribution in [2.24, 2.45) is 5.73 Å². The highest BCUT2D eigenvalue weighted by molar-refractivity contribution is 5.95. The molecule has 3 N–H and O–H groups in total. The Balaban J connectivity index is 1.97. The number of fused-ring (bicyclic) bond motifs is 1. The third kappa shape index (κ3) is 4.14.